The maximum atomic E-state index is 7.05. The fraction of sp³-hybridized carbons (Fsp3) is 0.857. The summed E-state index contributed by atoms with van der Waals surface area (Å²) in [6, 6.07) is 0. The van der Waals surface area contributed by atoms with Crippen molar-refractivity contribution in [1.82, 2.24) is 10.6 Å². The predicted molar refractivity (Wildman–Crippen MR) is 44.3 cm³/mol. The van der Waals surface area contributed by atoms with E-state index in [1.807, 2.05) is 0 Å². The average Bonchev–Trinajstić information content (AvgIpc) is 1.59. The summed E-state index contributed by atoms with van der Waals surface area (Å²) in [5.41, 5.74) is 0.127. The first-order chi connectivity index (χ1) is 4.42. The molecule has 0 rings (SSSR count). The van der Waals surface area contributed by atoms with Gasteiger partial charge < -0.3 is 5.32 Å². The highest BCUT2D eigenvalue weighted by Gasteiger charge is 2.06. The minimum atomic E-state index is 0.127. The molecule has 0 unspecified atom stereocenters. The van der Waals surface area contributed by atoms with Crippen molar-refractivity contribution < 1.29 is 0 Å². The first-order valence-electron chi connectivity index (χ1n) is 3.46. The quantitative estimate of drug-likeness (QED) is 0.306. The van der Waals surface area contributed by atoms with Crippen LogP contribution in [0, 0.1) is 5.41 Å². The zero-order chi connectivity index (χ0) is 8.20. The van der Waals surface area contributed by atoms with Gasteiger partial charge in [-0.1, -0.05) is 0 Å². The molecule has 3 heteroatoms. The van der Waals surface area contributed by atoms with Crippen LogP contribution in [0.1, 0.15) is 27.7 Å². The zero-order valence-electron chi connectivity index (χ0n) is 7.21. The third-order valence-electron chi connectivity index (χ3n) is 0.972. The molecule has 0 aromatic heterocycles. The van der Waals surface area contributed by atoms with Crippen LogP contribution in [0.3, 0.4) is 0 Å². The van der Waals surface area contributed by atoms with Crippen molar-refractivity contribution >= 4 is 5.84 Å². The Bertz CT molecular complexity index is 113. The molecule has 3 nitrogen and oxygen atoms in total. The van der Waals surface area contributed by atoms with Crippen LogP contribution < -0.4 is 10.6 Å². The summed E-state index contributed by atoms with van der Waals surface area (Å²) in [7, 11) is 0. The highest BCUT2D eigenvalue weighted by Crippen LogP contribution is 1.95. The molecule has 10 heavy (non-hydrogen) atoms. The molecule has 0 heterocycles. The molecule has 3 N–H and O–H groups in total. The summed E-state index contributed by atoms with van der Waals surface area (Å²) in [6.45, 7) is 8.67. The molecule has 60 valence electrons. The Hall–Kier alpha value is -0.570. The van der Waals surface area contributed by atoms with Crippen molar-refractivity contribution in [3.05, 3.63) is 0 Å². The van der Waals surface area contributed by atoms with Crippen LogP contribution in [0.25, 0.3) is 0 Å². The second-order valence-electron chi connectivity index (χ2n) is 3.41. The molecule has 0 saturated heterocycles. The van der Waals surface area contributed by atoms with Crippen molar-refractivity contribution in [3.8, 4) is 0 Å². The molecular weight excluding hydrogens is 126 g/mol. The summed E-state index contributed by atoms with van der Waals surface area (Å²) >= 11 is 0. The lowest BCUT2D eigenvalue weighted by Crippen LogP contribution is -2.43. The number of rotatable bonds is 2. The summed E-state index contributed by atoms with van der Waals surface area (Å²) < 4.78 is 0. The zero-order valence-corrected chi connectivity index (χ0v) is 7.21. The summed E-state index contributed by atoms with van der Waals surface area (Å²) in [5.74, 6) is 0.497. The Kier molecular flexibility index (Phi) is 3.36. The van der Waals surface area contributed by atoms with Gasteiger partial charge in [0.05, 0.1) is 12.5 Å². The third-order valence-corrected chi connectivity index (χ3v) is 0.972. The number of hydrogen-bond donors (Lipinski definition) is 3. The van der Waals surface area contributed by atoms with Gasteiger partial charge in [-0.25, -0.2) is 0 Å². The fourth-order valence-corrected chi connectivity index (χ4v) is 0.442. The van der Waals surface area contributed by atoms with Crippen molar-refractivity contribution in [2.75, 3.05) is 6.67 Å². The first kappa shape index (κ1) is 9.43. The molecule has 0 radical (unpaired) electrons. The number of nitrogens with one attached hydrogen (secondary N) is 3. The topological polar surface area (TPSA) is 47.9 Å². The lowest BCUT2D eigenvalue weighted by Gasteiger charge is -2.20. The van der Waals surface area contributed by atoms with E-state index in [-0.39, 0.29) is 5.54 Å². The van der Waals surface area contributed by atoms with Gasteiger partial charge in [-0.3, -0.25) is 10.7 Å². The second-order valence-corrected chi connectivity index (χ2v) is 3.41. The molecule has 0 aliphatic heterocycles. The summed E-state index contributed by atoms with van der Waals surface area (Å²) in [5, 5.41) is 13.1. The first-order valence-corrected chi connectivity index (χ1v) is 3.46. The molecule has 0 aliphatic rings. The Labute approximate surface area is 62.7 Å². The van der Waals surface area contributed by atoms with Crippen molar-refractivity contribution in [2.24, 2.45) is 0 Å². The fourth-order valence-electron chi connectivity index (χ4n) is 0.442. The molecule has 0 aromatic carbocycles. The van der Waals surface area contributed by atoms with Crippen LogP contribution in [0.2, 0.25) is 0 Å². The molecule has 0 amide bonds. The van der Waals surface area contributed by atoms with Crippen LogP contribution in [0.4, 0.5) is 0 Å². The van der Waals surface area contributed by atoms with E-state index in [0.717, 1.165) is 0 Å². The van der Waals surface area contributed by atoms with Crippen LogP contribution in [0.15, 0.2) is 0 Å². The second kappa shape index (κ2) is 3.56. The van der Waals surface area contributed by atoms with E-state index in [1.54, 1.807) is 6.92 Å². The molecule has 0 atom stereocenters. The van der Waals surface area contributed by atoms with E-state index in [4.69, 9.17) is 5.41 Å². The third kappa shape index (κ3) is 7.43. The van der Waals surface area contributed by atoms with Crippen LogP contribution in [0.5, 0.6) is 0 Å². The molecule has 0 aromatic rings. The van der Waals surface area contributed by atoms with Gasteiger partial charge in [-0.15, -0.1) is 0 Å². The van der Waals surface area contributed by atoms with Gasteiger partial charge in [0.15, 0.2) is 0 Å². The average molecular weight is 143 g/mol. The van der Waals surface area contributed by atoms with Gasteiger partial charge in [0, 0.05) is 5.54 Å². The molecule has 0 spiro atoms. The summed E-state index contributed by atoms with van der Waals surface area (Å²) in [6.07, 6.45) is 0. The SMILES string of the molecule is CC(=N)NCNC(C)(C)C. The maximum absolute atomic E-state index is 7.05. The van der Waals surface area contributed by atoms with E-state index < -0.39 is 0 Å². The minimum Gasteiger partial charge on any atom is -0.362 e. The Balaban J connectivity index is 3.29. The van der Waals surface area contributed by atoms with E-state index >= 15 is 0 Å². The highest BCUT2D eigenvalue weighted by molar-refractivity contribution is 5.75. The molecule has 0 fully saturated rings. The lowest BCUT2D eigenvalue weighted by molar-refractivity contribution is 0.422. The van der Waals surface area contributed by atoms with E-state index in [0.29, 0.717) is 12.5 Å². The van der Waals surface area contributed by atoms with Crippen molar-refractivity contribution in [3.63, 3.8) is 0 Å². The van der Waals surface area contributed by atoms with E-state index in [1.165, 1.54) is 0 Å². The summed E-state index contributed by atoms with van der Waals surface area (Å²) in [4.78, 5) is 0. The smallest absolute Gasteiger partial charge is 0.0909 e. The van der Waals surface area contributed by atoms with Gasteiger partial charge in [0.1, 0.15) is 0 Å². The monoisotopic (exact) mass is 143 g/mol. The van der Waals surface area contributed by atoms with Gasteiger partial charge in [-0.05, 0) is 27.7 Å². The molecular formula is C7H17N3. The number of hydrogen-bond acceptors (Lipinski definition) is 2. The van der Waals surface area contributed by atoms with Crippen LogP contribution in [-0.4, -0.2) is 18.0 Å². The van der Waals surface area contributed by atoms with Crippen molar-refractivity contribution in [1.29, 1.82) is 5.41 Å². The van der Waals surface area contributed by atoms with Crippen molar-refractivity contribution in [2.45, 2.75) is 33.2 Å². The van der Waals surface area contributed by atoms with Crippen LogP contribution in [-0.2, 0) is 0 Å². The Morgan fingerprint density at radius 3 is 2.20 bits per heavy atom. The minimum absolute atomic E-state index is 0.127. The largest absolute Gasteiger partial charge is 0.362 e. The normalized spacial score (nSPS) is 11.2. The molecule has 0 saturated carbocycles. The van der Waals surface area contributed by atoms with Crippen LogP contribution >= 0.6 is 0 Å². The van der Waals surface area contributed by atoms with Gasteiger partial charge >= 0.3 is 0 Å². The number of amidine groups is 1. The lowest BCUT2D eigenvalue weighted by atomic mass is 10.1. The highest BCUT2D eigenvalue weighted by atomic mass is 15.1. The Morgan fingerprint density at radius 1 is 1.40 bits per heavy atom. The predicted octanol–water partition coefficient (Wildman–Crippen LogP) is 0.919. The standard InChI is InChI=1S/C7H17N3/c1-6(8)9-5-10-7(2,3)4/h10H,5H2,1-4H3,(H2,8,9). The molecule has 0 bridgehead atoms. The van der Waals surface area contributed by atoms with E-state index in [9.17, 15) is 0 Å². The van der Waals surface area contributed by atoms with Gasteiger partial charge in [-0.2, -0.15) is 0 Å². The maximum Gasteiger partial charge on any atom is 0.0909 e. The van der Waals surface area contributed by atoms with E-state index in [2.05, 4.69) is 31.4 Å². The molecule has 0 aliphatic carbocycles. The van der Waals surface area contributed by atoms with Gasteiger partial charge in [0.2, 0.25) is 0 Å². The van der Waals surface area contributed by atoms with Gasteiger partial charge in [0.25, 0.3) is 0 Å². The Morgan fingerprint density at radius 2 is 1.90 bits per heavy atom.